The van der Waals surface area contributed by atoms with Crippen LogP contribution in [0, 0.1) is 0 Å². The van der Waals surface area contributed by atoms with Crippen LogP contribution in [-0.4, -0.2) is 13.0 Å². The van der Waals surface area contributed by atoms with Crippen molar-refractivity contribution in [3.05, 3.63) is 120 Å². The second-order valence-corrected chi connectivity index (χ2v) is 12.5. The molecule has 0 aliphatic rings. The maximum atomic E-state index is 11.5. The first kappa shape index (κ1) is 29.7. The number of benzene rings is 4. The third kappa shape index (κ3) is 8.32. The van der Waals surface area contributed by atoms with Crippen molar-refractivity contribution in [2.24, 2.45) is 0 Å². The highest BCUT2D eigenvalue weighted by atomic mass is 32.2. The second kappa shape index (κ2) is 14.9. The van der Waals surface area contributed by atoms with Crippen LogP contribution in [0.4, 0.5) is 0 Å². The maximum Gasteiger partial charge on any atom is 0.166 e. The SMILES string of the molecule is CCCc1cc(CCC)c(S(=O)(=O)[O-])c(CCC)c1.c1ccc([S+](c2ccccc2)c2ccccc2)cc1. The monoisotopic (exact) mass is 546 g/mol. The minimum atomic E-state index is -4.39. The molecule has 5 heteroatoms. The lowest BCUT2D eigenvalue weighted by Crippen LogP contribution is -2.09. The van der Waals surface area contributed by atoms with Gasteiger partial charge in [-0.15, -0.1) is 0 Å². The van der Waals surface area contributed by atoms with Gasteiger partial charge < -0.3 is 4.55 Å². The average Bonchev–Trinajstić information content (AvgIpc) is 2.91. The zero-order valence-corrected chi connectivity index (χ0v) is 24.2. The van der Waals surface area contributed by atoms with E-state index in [1.807, 2.05) is 26.0 Å². The van der Waals surface area contributed by atoms with Gasteiger partial charge in [-0.1, -0.05) is 107 Å². The molecule has 0 aliphatic carbocycles. The minimum absolute atomic E-state index is 0.0146. The summed E-state index contributed by atoms with van der Waals surface area (Å²) in [6.45, 7) is 6.08. The summed E-state index contributed by atoms with van der Waals surface area (Å²) >= 11 is 0. The molecule has 0 radical (unpaired) electrons. The lowest BCUT2D eigenvalue weighted by atomic mass is 9.97. The fourth-order valence-electron chi connectivity index (χ4n) is 4.57. The fourth-order valence-corrected chi connectivity index (χ4v) is 7.64. The van der Waals surface area contributed by atoms with Crippen LogP contribution < -0.4 is 0 Å². The van der Waals surface area contributed by atoms with Crippen molar-refractivity contribution < 1.29 is 13.0 Å². The maximum absolute atomic E-state index is 11.5. The number of hydrogen-bond donors (Lipinski definition) is 0. The molecule has 0 aromatic heterocycles. The van der Waals surface area contributed by atoms with Gasteiger partial charge in [-0.2, -0.15) is 0 Å². The van der Waals surface area contributed by atoms with E-state index < -0.39 is 10.1 Å². The molecule has 200 valence electrons. The van der Waals surface area contributed by atoms with E-state index in [9.17, 15) is 13.0 Å². The summed E-state index contributed by atoms with van der Waals surface area (Å²) in [5.41, 5.74) is 2.54. The van der Waals surface area contributed by atoms with E-state index in [0.29, 0.717) is 24.0 Å². The van der Waals surface area contributed by atoms with Crippen molar-refractivity contribution in [2.45, 2.75) is 78.9 Å². The van der Waals surface area contributed by atoms with Crippen LogP contribution in [0.2, 0.25) is 0 Å². The van der Waals surface area contributed by atoms with Crippen LogP contribution in [0.25, 0.3) is 0 Å². The number of aryl methyl sites for hydroxylation is 3. The molecular weight excluding hydrogens is 508 g/mol. The van der Waals surface area contributed by atoms with Crippen molar-refractivity contribution in [3.8, 4) is 0 Å². The Balaban J connectivity index is 0.000000211. The van der Waals surface area contributed by atoms with Crippen molar-refractivity contribution in [1.82, 2.24) is 0 Å². The van der Waals surface area contributed by atoms with Gasteiger partial charge in [-0.3, -0.25) is 0 Å². The van der Waals surface area contributed by atoms with E-state index in [1.165, 1.54) is 14.7 Å². The molecule has 0 saturated heterocycles. The quantitative estimate of drug-likeness (QED) is 0.149. The highest BCUT2D eigenvalue weighted by molar-refractivity contribution is 7.97. The Morgan fingerprint density at radius 2 is 0.921 bits per heavy atom. The van der Waals surface area contributed by atoms with Crippen LogP contribution in [0.5, 0.6) is 0 Å². The normalized spacial score (nSPS) is 11.2. The van der Waals surface area contributed by atoms with Gasteiger partial charge in [0, 0.05) is 0 Å². The van der Waals surface area contributed by atoms with E-state index in [1.54, 1.807) is 0 Å². The molecule has 38 heavy (non-hydrogen) atoms. The van der Waals surface area contributed by atoms with Crippen molar-refractivity contribution in [2.75, 3.05) is 0 Å². The molecule has 0 spiro atoms. The van der Waals surface area contributed by atoms with Gasteiger partial charge in [0.1, 0.15) is 10.1 Å². The van der Waals surface area contributed by atoms with Crippen molar-refractivity contribution >= 4 is 21.0 Å². The summed E-state index contributed by atoms with van der Waals surface area (Å²) in [6.07, 6.45) is 4.90. The molecule has 0 aliphatic heterocycles. The van der Waals surface area contributed by atoms with Crippen LogP contribution in [0.3, 0.4) is 0 Å². The van der Waals surface area contributed by atoms with Crippen molar-refractivity contribution in [1.29, 1.82) is 0 Å². The van der Waals surface area contributed by atoms with Crippen LogP contribution in [0.15, 0.2) is 123 Å². The predicted octanol–water partition coefficient (Wildman–Crippen LogP) is 8.23. The molecule has 0 saturated carbocycles. The van der Waals surface area contributed by atoms with Gasteiger partial charge in [-0.05, 0) is 72.4 Å². The minimum Gasteiger partial charge on any atom is -0.744 e. The number of rotatable bonds is 10. The van der Waals surface area contributed by atoms with Crippen molar-refractivity contribution in [3.63, 3.8) is 0 Å². The van der Waals surface area contributed by atoms with E-state index in [-0.39, 0.29) is 15.8 Å². The summed E-state index contributed by atoms with van der Waals surface area (Å²) in [6, 6.07) is 36.0. The molecule has 0 fully saturated rings. The zero-order chi connectivity index (χ0) is 27.4. The highest BCUT2D eigenvalue weighted by Crippen LogP contribution is 2.30. The predicted molar refractivity (Wildman–Crippen MR) is 158 cm³/mol. The molecule has 4 aromatic carbocycles. The molecule has 4 rings (SSSR count). The molecule has 0 amide bonds. The zero-order valence-electron chi connectivity index (χ0n) is 22.6. The molecular formula is C33H38O3S2. The first-order valence-electron chi connectivity index (χ1n) is 13.4. The standard InChI is InChI=1S/C18H15S.C15H24O3S/c1-4-10-16(11-5-1)19(17-12-6-2-7-13-17)18-14-8-3-9-15-18;1-4-7-12-10-13(8-5-2)15(19(16,17)18)14(11-12)9-6-3/h1-15H;10-11H,4-9H2,1-3H3,(H,16,17,18)/q+1;/p-1. The first-order chi connectivity index (χ1) is 18.4. The van der Waals surface area contributed by atoms with Gasteiger partial charge >= 0.3 is 0 Å². The summed E-state index contributed by atoms with van der Waals surface area (Å²) < 4.78 is 34.6. The average molecular weight is 547 g/mol. The second-order valence-electron chi connectivity index (χ2n) is 9.19. The Morgan fingerprint density at radius 3 is 1.21 bits per heavy atom. The van der Waals surface area contributed by atoms with E-state index in [0.717, 1.165) is 31.2 Å². The Bertz CT molecular complexity index is 1230. The fraction of sp³-hybridized carbons (Fsp3) is 0.273. The lowest BCUT2D eigenvalue weighted by Gasteiger charge is -2.19. The summed E-state index contributed by atoms with van der Waals surface area (Å²) in [5, 5.41) is 0. The molecule has 0 atom stereocenters. The van der Waals surface area contributed by atoms with Crippen LogP contribution in [0.1, 0.15) is 56.7 Å². The third-order valence-corrected chi connectivity index (χ3v) is 9.32. The van der Waals surface area contributed by atoms with E-state index in [4.69, 9.17) is 0 Å². The molecule has 0 unspecified atom stereocenters. The smallest absolute Gasteiger partial charge is 0.166 e. The Hall–Kier alpha value is -2.86. The molecule has 0 bridgehead atoms. The van der Waals surface area contributed by atoms with Crippen LogP contribution in [-0.2, 0) is 40.3 Å². The molecule has 4 aromatic rings. The van der Waals surface area contributed by atoms with E-state index >= 15 is 0 Å². The highest BCUT2D eigenvalue weighted by Gasteiger charge is 2.27. The van der Waals surface area contributed by atoms with Gasteiger partial charge in [0.05, 0.1) is 15.8 Å². The first-order valence-corrected chi connectivity index (χ1v) is 16.0. The van der Waals surface area contributed by atoms with Gasteiger partial charge in [0.15, 0.2) is 14.7 Å². The summed E-state index contributed by atoms with van der Waals surface area (Å²) in [7, 11) is -4.40. The van der Waals surface area contributed by atoms with Gasteiger partial charge in [0.25, 0.3) is 0 Å². The van der Waals surface area contributed by atoms with Gasteiger partial charge in [0.2, 0.25) is 0 Å². The third-order valence-electron chi connectivity index (χ3n) is 6.07. The summed E-state index contributed by atoms with van der Waals surface area (Å²) in [5.74, 6) is 0. The largest absolute Gasteiger partial charge is 0.744 e. The van der Waals surface area contributed by atoms with Gasteiger partial charge in [-0.25, -0.2) is 8.42 Å². The molecule has 0 N–H and O–H groups in total. The molecule has 0 heterocycles. The lowest BCUT2D eigenvalue weighted by molar-refractivity contribution is 0.460. The Kier molecular flexibility index (Phi) is 11.7. The number of hydrogen-bond acceptors (Lipinski definition) is 3. The van der Waals surface area contributed by atoms with E-state index in [2.05, 4.69) is 97.9 Å². The van der Waals surface area contributed by atoms with Crippen LogP contribution >= 0.6 is 0 Å². The Morgan fingerprint density at radius 1 is 0.579 bits per heavy atom. The molecule has 3 nitrogen and oxygen atoms in total. The summed E-state index contributed by atoms with van der Waals surface area (Å²) in [4.78, 5) is 4.12. The topological polar surface area (TPSA) is 57.2 Å². The Labute approximate surface area is 232 Å².